The number of hydrogen-bond donors (Lipinski definition) is 2. The number of carboxylic acid groups (broad SMARTS) is 1. The minimum absolute atomic E-state index is 0.0432. The first-order valence-corrected chi connectivity index (χ1v) is 8.27. The maximum Gasteiger partial charge on any atom is 0.290 e. The molecule has 1 aromatic heterocycles. The van der Waals surface area contributed by atoms with Gasteiger partial charge in [-0.2, -0.15) is 0 Å². The Morgan fingerprint density at radius 2 is 1.86 bits per heavy atom. The number of carbonyl (C=O) groups excluding carboxylic acids is 1. The number of nitrogens with zero attached hydrogens (tertiary/aromatic N) is 1. The van der Waals surface area contributed by atoms with Gasteiger partial charge in [-0.3, -0.25) is 14.6 Å². The van der Waals surface area contributed by atoms with Crippen LogP contribution in [0.5, 0.6) is 17.2 Å². The molecule has 0 bridgehead atoms. The molecule has 3 aromatic rings. The second-order valence-corrected chi connectivity index (χ2v) is 5.74. The summed E-state index contributed by atoms with van der Waals surface area (Å²) in [5, 5.41) is 10.7. The molecular weight excluding hydrogens is 364 g/mol. The maximum atomic E-state index is 11.6. The summed E-state index contributed by atoms with van der Waals surface area (Å²) in [7, 11) is 3.20. The molecule has 0 atom stereocenters. The molecule has 0 fully saturated rings. The van der Waals surface area contributed by atoms with Gasteiger partial charge < -0.3 is 24.6 Å². The number of hydrogen-bond acceptors (Lipinski definition) is 6. The Bertz CT molecular complexity index is 1030. The van der Waals surface area contributed by atoms with Gasteiger partial charge in [-0.1, -0.05) is 6.07 Å². The highest BCUT2D eigenvalue weighted by Gasteiger charge is 2.17. The van der Waals surface area contributed by atoms with Crippen LogP contribution in [0.25, 0.3) is 22.0 Å². The molecule has 0 spiro atoms. The van der Waals surface area contributed by atoms with Crippen molar-refractivity contribution in [3.8, 4) is 28.4 Å². The molecule has 2 aromatic carbocycles. The van der Waals surface area contributed by atoms with E-state index in [-0.39, 0.29) is 19.0 Å². The Hall–Kier alpha value is -3.81. The van der Waals surface area contributed by atoms with Crippen LogP contribution in [0, 0.1) is 0 Å². The molecule has 4 rings (SSSR count). The summed E-state index contributed by atoms with van der Waals surface area (Å²) >= 11 is 0. The van der Waals surface area contributed by atoms with Gasteiger partial charge in [0.05, 0.1) is 25.4 Å². The van der Waals surface area contributed by atoms with E-state index in [1.165, 1.54) is 0 Å². The Morgan fingerprint density at radius 3 is 2.57 bits per heavy atom. The van der Waals surface area contributed by atoms with Crippen LogP contribution in [0.1, 0.15) is 0 Å². The molecule has 1 aliphatic rings. The lowest BCUT2D eigenvalue weighted by molar-refractivity contribution is -0.123. The summed E-state index contributed by atoms with van der Waals surface area (Å²) in [5.74, 6) is 1.78. The predicted molar refractivity (Wildman–Crippen MR) is 103 cm³/mol. The van der Waals surface area contributed by atoms with Crippen LogP contribution in [0.2, 0.25) is 0 Å². The highest BCUT2D eigenvalue weighted by atomic mass is 16.5. The standard InChI is InChI=1S/C19H16N2O4.CH2O2/c1-23-17-8-13-12(5-6-20-14(13)9-18(17)24-2)11-3-4-16-15(7-11)21-19(22)10-25-16;2-1-3/h3-9H,10H2,1-2H3,(H,21,22);1H,(H,2,3). The number of ether oxygens (including phenoxy) is 3. The monoisotopic (exact) mass is 382 g/mol. The Labute approximate surface area is 160 Å². The molecule has 1 aliphatic heterocycles. The van der Waals surface area contributed by atoms with E-state index in [0.29, 0.717) is 22.9 Å². The first-order chi connectivity index (χ1) is 13.6. The lowest BCUT2D eigenvalue weighted by Gasteiger charge is -2.19. The number of nitrogens with one attached hydrogen (secondary N) is 1. The van der Waals surface area contributed by atoms with E-state index in [9.17, 15) is 4.79 Å². The number of aromatic nitrogens is 1. The number of anilines is 1. The molecule has 28 heavy (non-hydrogen) atoms. The van der Waals surface area contributed by atoms with Gasteiger partial charge in [-0.25, -0.2) is 0 Å². The average Bonchev–Trinajstić information content (AvgIpc) is 2.72. The van der Waals surface area contributed by atoms with Crippen molar-refractivity contribution in [2.24, 2.45) is 0 Å². The number of benzene rings is 2. The van der Waals surface area contributed by atoms with Crippen LogP contribution in [0.4, 0.5) is 5.69 Å². The smallest absolute Gasteiger partial charge is 0.290 e. The number of rotatable bonds is 3. The van der Waals surface area contributed by atoms with E-state index >= 15 is 0 Å². The van der Waals surface area contributed by atoms with E-state index in [4.69, 9.17) is 24.1 Å². The van der Waals surface area contributed by atoms with Crippen LogP contribution in [0.15, 0.2) is 42.6 Å². The van der Waals surface area contributed by atoms with Crippen molar-refractivity contribution in [2.75, 3.05) is 26.1 Å². The number of carbonyl (C=O) groups is 2. The van der Waals surface area contributed by atoms with E-state index in [1.807, 2.05) is 36.4 Å². The fourth-order valence-electron chi connectivity index (χ4n) is 2.98. The SMILES string of the molecule is COc1cc2nccc(-c3ccc4c(c3)NC(=O)CO4)c2cc1OC.O=CO. The van der Waals surface area contributed by atoms with E-state index in [0.717, 1.165) is 22.0 Å². The summed E-state index contributed by atoms with van der Waals surface area (Å²) in [6, 6.07) is 11.4. The largest absolute Gasteiger partial charge is 0.493 e. The van der Waals surface area contributed by atoms with Crippen molar-refractivity contribution in [1.29, 1.82) is 0 Å². The molecule has 0 saturated carbocycles. The highest BCUT2D eigenvalue weighted by Crippen LogP contribution is 2.38. The minimum atomic E-state index is -0.250. The first-order valence-electron chi connectivity index (χ1n) is 8.27. The molecule has 144 valence electrons. The van der Waals surface area contributed by atoms with Gasteiger partial charge in [-0.05, 0) is 35.4 Å². The number of amides is 1. The third-order valence-corrected chi connectivity index (χ3v) is 4.17. The molecule has 1 amide bonds. The number of pyridine rings is 1. The van der Waals surface area contributed by atoms with Crippen LogP contribution >= 0.6 is 0 Å². The zero-order valence-corrected chi connectivity index (χ0v) is 15.3. The third kappa shape index (κ3) is 3.66. The lowest BCUT2D eigenvalue weighted by Crippen LogP contribution is -2.25. The first kappa shape index (κ1) is 19.0. The summed E-state index contributed by atoms with van der Waals surface area (Å²) in [4.78, 5) is 24.3. The normalized spacial score (nSPS) is 12.0. The van der Waals surface area contributed by atoms with Crippen molar-refractivity contribution >= 4 is 29.0 Å². The predicted octanol–water partition coefficient (Wildman–Crippen LogP) is 2.95. The second-order valence-electron chi connectivity index (χ2n) is 5.74. The molecule has 2 heterocycles. The van der Waals surface area contributed by atoms with Gasteiger partial charge in [0.15, 0.2) is 18.1 Å². The van der Waals surface area contributed by atoms with Gasteiger partial charge in [0.2, 0.25) is 0 Å². The molecule has 0 unspecified atom stereocenters. The zero-order chi connectivity index (χ0) is 20.1. The van der Waals surface area contributed by atoms with Crippen molar-refractivity contribution < 1.29 is 28.9 Å². The van der Waals surface area contributed by atoms with Crippen molar-refractivity contribution in [3.05, 3.63) is 42.6 Å². The van der Waals surface area contributed by atoms with Gasteiger partial charge >= 0.3 is 0 Å². The van der Waals surface area contributed by atoms with Gasteiger partial charge in [0, 0.05) is 17.6 Å². The van der Waals surface area contributed by atoms with Crippen LogP contribution in [-0.2, 0) is 9.59 Å². The summed E-state index contributed by atoms with van der Waals surface area (Å²) in [5.41, 5.74) is 3.39. The fourth-order valence-corrected chi connectivity index (χ4v) is 2.98. The van der Waals surface area contributed by atoms with Crippen LogP contribution in [-0.4, -0.2) is 43.3 Å². The summed E-state index contributed by atoms with van der Waals surface area (Å²) in [6.07, 6.45) is 1.75. The molecule has 8 heteroatoms. The maximum absolute atomic E-state index is 11.6. The molecule has 8 nitrogen and oxygen atoms in total. The van der Waals surface area contributed by atoms with Crippen LogP contribution < -0.4 is 19.5 Å². The van der Waals surface area contributed by atoms with Crippen molar-refractivity contribution in [2.45, 2.75) is 0 Å². The highest BCUT2D eigenvalue weighted by molar-refractivity contribution is 5.99. The Kier molecular flexibility index (Phi) is 5.59. The van der Waals surface area contributed by atoms with Gasteiger partial charge in [-0.15, -0.1) is 0 Å². The molecule has 2 N–H and O–H groups in total. The second kappa shape index (κ2) is 8.26. The van der Waals surface area contributed by atoms with Gasteiger partial charge in [0.1, 0.15) is 5.75 Å². The molecule has 0 aliphatic carbocycles. The summed E-state index contributed by atoms with van der Waals surface area (Å²) < 4.78 is 16.2. The van der Waals surface area contributed by atoms with E-state index in [2.05, 4.69) is 10.3 Å². The Morgan fingerprint density at radius 1 is 1.14 bits per heavy atom. The van der Waals surface area contributed by atoms with E-state index < -0.39 is 0 Å². The number of fused-ring (bicyclic) bond motifs is 2. The topological polar surface area (TPSA) is 107 Å². The third-order valence-electron chi connectivity index (χ3n) is 4.17. The van der Waals surface area contributed by atoms with E-state index in [1.54, 1.807) is 20.4 Å². The van der Waals surface area contributed by atoms with Crippen LogP contribution in [0.3, 0.4) is 0 Å². The molecule has 0 radical (unpaired) electrons. The molecular formula is C20H18N2O6. The lowest BCUT2D eigenvalue weighted by atomic mass is 10.00. The zero-order valence-electron chi connectivity index (χ0n) is 15.3. The van der Waals surface area contributed by atoms with Crippen molar-refractivity contribution in [1.82, 2.24) is 4.98 Å². The fraction of sp³-hybridized carbons (Fsp3) is 0.150. The Balaban J connectivity index is 0.000000706. The molecule has 0 saturated heterocycles. The average molecular weight is 382 g/mol. The minimum Gasteiger partial charge on any atom is -0.493 e. The summed E-state index contributed by atoms with van der Waals surface area (Å²) in [6.45, 7) is -0.207. The number of methoxy groups -OCH3 is 2. The van der Waals surface area contributed by atoms with Gasteiger partial charge in [0.25, 0.3) is 12.4 Å². The van der Waals surface area contributed by atoms with Crippen molar-refractivity contribution in [3.63, 3.8) is 0 Å². The quantitative estimate of drug-likeness (QED) is 0.671.